The van der Waals surface area contributed by atoms with Gasteiger partial charge in [0.1, 0.15) is 0 Å². The van der Waals surface area contributed by atoms with E-state index in [1.807, 2.05) is 0 Å². The van der Waals surface area contributed by atoms with Crippen LogP contribution in [-0.2, 0) is 0 Å². The van der Waals surface area contributed by atoms with Gasteiger partial charge in [-0.25, -0.2) is 0 Å². The Balaban J connectivity index is 2.89. The first kappa shape index (κ1) is 8.46. The van der Waals surface area contributed by atoms with Gasteiger partial charge < -0.3 is 0 Å². The molecule has 1 rings (SSSR count). The second-order valence-corrected chi connectivity index (χ2v) is 10.2. The van der Waals surface area contributed by atoms with E-state index in [4.69, 9.17) is 19.3 Å². The molecule has 0 atom stereocenters. The van der Waals surface area contributed by atoms with E-state index in [9.17, 15) is 4.39 Å². The van der Waals surface area contributed by atoms with Gasteiger partial charge in [-0.05, 0) is 0 Å². The molecule has 0 heterocycles. The third kappa shape index (κ3) is 2.20. The van der Waals surface area contributed by atoms with E-state index in [1.165, 1.54) is 12.1 Å². The summed E-state index contributed by atoms with van der Waals surface area (Å²) >= 11 is -2.19. The third-order valence-corrected chi connectivity index (χ3v) is 5.61. The quantitative estimate of drug-likeness (QED) is 0.654. The van der Waals surface area contributed by atoms with Crippen LogP contribution in [0, 0.1) is 5.82 Å². The molecule has 0 saturated carbocycles. The standard InChI is InChI=1S/C6H4F.2ClH.Ga/c7-6-4-2-1-3-5-6;;;/h2-5H;2*1H;/q;;;+2/p-2. The first-order valence-electron chi connectivity index (χ1n) is 2.74. The van der Waals surface area contributed by atoms with Crippen LogP contribution >= 0.6 is 19.3 Å². The van der Waals surface area contributed by atoms with Gasteiger partial charge in [0.15, 0.2) is 0 Å². The maximum atomic E-state index is 12.3. The molecule has 0 saturated heterocycles. The van der Waals surface area contributed by atoms with Crippen LogP contribution in [0.4, 0.5) is 4.39 Å². The molecular formula is C6H4Cl2FGa. The second-order valence-electron chi connectivity index (χ2n) is 1.85. The Labute approximate surface area is 72.0 Å². The predicted molar refractivity (Wildman–Crippen MR) is 43.5 cm³/mol. The van der Waals surface area contributed by atoms with Crippen molar-refractivity contribution in [3.63, 3.8) is 0 Å². The summed E-state index contributed by atoms with van der Waals surface area (Å²) in [5.41, 5.74) is 0. The average molecular weight is 236 g/mol. The molecule has 0 bridgehead atoms. The summed E-state index contributed by atoms with van der Waals surface area (Å²) in [6, 6.07) is 6.02. The maximum absolute atomic E-state index is 12.3. The van der Waals surface area contributed by atoms with E-state index >= 15 is 0 Å². The molecule has 0 fully saturated rings. The van der Waals surface area contributed by atoms with Crippen LogP contribution in [0.5, 0.6) is 0 Å². The van der Waals surface area contributed by atoms with Gasteiger partial charge in [0.05, 0.1) is 0 Å². The van der Waals surface area contributed by atoms with Gasteiger partial charge in [-0.15, -0.1) is 0 Å². The van der Waals surface area contributed by atoms with E-state index in [1.54, 1.807) is 12.1 Å². The summed E-state index contributed by atoms with van der Waals surface area (Å²) in [6.07, 6.45) is 0. The van der Waals surface area contributed by atoms with E-state index in [-0.39, 0.29) is 5.82 Å². The summed E-state index contributed by atoms with van der Waals surface area (Å²) in [6.45, 7) is 0. The summed E-state index contributed by atoms with van der Waals surface area (Å²) in [4.78, 5) is 0. The molecule has 10 heavy (non-hydrogen) atoms. The van der Waals surface area contributed by atoms with E-state index in [0.717, 1.165) is 4.12 Å². The molecule has 0 unspecified atom stereocenters. The summed E-state index contributed by atoms with van der Waals surface area (Å²) in [7, 11) is 11.4. The summed E-state index contributed by atoms with van der Waals surface area (Å²) < 4.78 is 13.2. The van der Waals surface area contributed by atoms with Crippen molar-refractivity contribution in [2.75, 3.05) is 0 Å². The van der Waals surface area contributed by atoms with Crippen molar-refractivity contribution >= 4 is 37.6 Å². The van der Waals surface area contributed by atoms with Crippen LogP contribution in [0.3, 0.4) is 0 Å². The molecule has 0 nitrogen and oxygen atoms in total. The van der Waals surface area contributed by atoms with Gasteiger partial charge in [0.25, 0.3) is 0 Å². The molecule has 0 spiro atoms. The normalized spacial score (nSPS) is 9.50. The fraction of sp³-hybridized carbons (Fsp3) is 0. The Morgan fingerprint density at radius 1 is 1.10 bits per heavy atom. The van der Waals surface area contributed by atoms with E-state index in [0.29, 0.717) is 0 Å². The Morgan fingerprint density at radius 2 is 1.60 bits per heavy atom. The molecule has 0 N–H and O–H groups in total. The zero-order valence-corrected chi connectivity index (χ0v) is 8.96. The summed E-state index contributed by atoms with van der Waals surface area (Å²) in [5.74, 6) is -0.250. The van der Waals surface area contributed by atoms with Crippen molar-refractivity contribution in [1.29, 1.82) is 0 Å². The van der Waals surface area contributed by atoms with Crippen LogP contribution in [0.25, 0.3) is 0 Å². The zero-order valence-electron chi connectivity index (χ0n) is 5.02. The number of benzene rings is 1. The molecule has 52 valence electrons. The molecule has 0 aliphatic carbocycles. The van der Waals surface area contributed by atoms with Gasteiger partial charge in [0.2, 0.25) is 0 Å². The predicted octanol–water partition coefficient (Wildman–Crippen LogP) is 2.00. The van der Waals surface area contributed by atoms with Gasteiger partial charge in [-0.2, -0.15) is 0 Å². The van der Waals surface area contributed by atoms with Crippen LogP contribution in [0.2, 0.25) is 0 Å². The fourth-order valence-electron chi connectivity index (χ4n) is 0.608. The minimum absolute atomic E-state index is 0.250. The molecular weight excluding hydrogens is 232 g/mol. The molecule has 1 aromatic rings. The van der Waals surface area contributed by atoms with Crippen LogP contribution in [0.15, 0.2) is 24.3 Å². The third-order valence-electron chi connectivity index (χ3n) is 1.12. The van der Waals surface area contributed by atoms with Crippen LogP contribution in [-0.4, -0.2) is 14.2 Å². The fourth-order valence-corrected chi connectivity index (χ4v) is 3.13. The van der Waals surface area contributed by atoms with Crippen molar-refractivity contribution in [1.82, 2.24) is 0 Å². The van der Waals surface area contributed by atoms with Gasteiger partial charge in [-0.1, -0.05) is 0 Å². The van der Waals surface area contributed by atoms with Crippen LogP contribution < -0.4 is 4.12 Å². The second kappa shape index (κ2) is 3.67. The number of rotatable bonds is 1. The number of hydrogen-bond acceptors (Lipinski definition) is 0. The first-order chi connectivity index (χ1) is 4.70. The topological polar surface area (TPSA) is 0 Å². The van der Waals surface area contributed by atoms with Gasteiger partial charge in [0, 0.05) is 0 Å². The first-order valence-corrected chi connectivity index (χ1v) is 10.3. The van der Waals surface area contributed by atoms with Crippen molar-refractivity contribution in [2.24, 2.45) is 0 Å². The monoisotopic (exact) mass is 234 g/mol. The van der Waals surface area contributed by atoms with Crippen LogP contribution in [0.1, 0.15) is 0 Å². The zero-order chi connectivity index (χ0) is 7.56. The molecule has 0 aliphatic rings. The van der Waals surface area contributed by atoms with Crippen molar-refractivity contribution < 1.29 is 4.39 Å². The minimum atomic E-state index is -2.19. The Hall–Kier alpha value is 0.366. The Kier molecular flexibility index (Phi) is 3.11. The van der Waals surface area contributed by atoms with Gasteiger partial charge in [-0.3, -0.25) is 0 Å². The molecule has 0 aliphatic heterocycles. The molecule has 0 radical (unpaired) electrons. The summed E-state index contributed by atoms with van der Waals surface area (Å²) in [5, 5.41) is 0. The SMILES string of the molecule is Fc1cc[c]([Ga]([Cl])[Cl])cc1. The molecule has 0 amide bonds. The van der Waals surface area contributed by atoms with E-state index < -0.39 is 14.2 Å². The van der Waals surface area contributed by atoms with Gasteiger partial charge >= 0.3 is 72.1 Å². The average Bonchev–Trinajstić information content (AvgIpc) is 1.88. The van der Waals surface area contributed by atoms with Crippen molar-refractivity contribution in [2.45, 2.75) is 0 Å². The number of halogens is 3. The molecule has 4 heteroatoms. The Bertz CT molecular complexity index is 209. The van der Waals surface area contributed by atoms with Crippen molar-refractivity contribution in [3.8, 4) is 0 Å². The Morgan fingerprint density at radius 3 is 2.00 bits per heavy atom. The molecule has 1 aromatic carbocycles. The van der Waals surface area contributed by atoms with E-state index in [2.05, 4.69) is 0 Å². The molecule has 0 aromatic heterocycles. The van der Waals surface area contributed by atoms with Crippen molar-refractivity contribution in [3.05, 3.63) is 30.1 Å². The number of hydrogen-bond donors (Lipinski definition) is 0.